The van der Waals surface area contributed by atoms with Gasteiger partial charge in [-0.25, -0.2) is 0 Å². The molecule has 28 heavy (non-hydrogen) atoms. The van der Waals surface area contributed by atoms with Crippen molar-refractivity contribution in [3.8, 4) is 0 Å². The quantitative estimate of drug-likeness (QED) is 0.473. The van der Waals surface area contributed by atoms with Gasteiger partial charge in [0.05, 0.1) is 18.8 Å². The van der Waals surface area contributed by atoms with Crippen LogP contribution in [0.2, 0.25) is 0 Å². The first-order valence-electron chi connectivity index (χ1n) is 10.3. The first-order valence-corrected chi connectivity index (χ1v) is 10.3. The fourth-order valence-corrected chi connectivity index (χ4v) is 3.71. The Morgan fingerprint density at radius 2 is 2.11 bits per heavy atom. The highest BCUT2D eigenvalue weighted by atomic mass is 16.5. The van der Waals surface area contributed by atoms with Gasteiger partial charge in [0.1, 0.15) is 6.10 Å². The molecule has 0 radical (unpaired) electrons. The Labute approximate surface area is 168 Å². The molecule has 0 bridgehead atoms. The molecule has 0 spiro atoms. The largest absolute Gasteiger partial charge is 0.370 e. The molecule has 2 aromatic rings. The van der Waals surface area contributed by atoms with E-state index in [-0.39, 0.29) is 6.10 Å². The first kappa shape index (κ1) is 20.4. The zero-order valence-electron chi connectivity index (χ0n) is 17.6. The maximum atomic E-state index is 6.07. The van der Waals surface area contributed by atoms with Gasteiger partial charge in [-0.05, 0) is 51.3 Å². The Hall–Kier alpha value is -2.34. The van der Waals surface area contributed by atoms with Crippen molar-refractivity contribution in [2.75, 3.05) is 32.8 Å². The summed E-state index contributed by atoms with van der Waals surface area (Å²) >= 11 is 0. The molecule has 1 saturated heterocycles. The fraction of sp³-hybridized carbons (Fsp3) is 0.545. The second-order valence-electron chi connectivity index (χ2n) is 7.40. The number of hydrogen-bond acceptors (Lipinski definition) is 3. The lowest BCUT2D eigenvalue weighted by atomic mass is 10.0. The number of ether oxygens (including phenoxy) is 1. The van der Waals surface area contributed by atoms with E-state index in [1.165, 1.54) is 16.8 Å². The minimum absolute atomic E-state index is 0.0912. The number of hydrogen-bond donors (Lipinski definition) is 1. The summed E-state index contributed by atoms with van der Waals surface area (Å²) in [6.45, 7) is 13.4. The van der Waals surface area contributed by atoms with Crippen LogP contribution in [0.4, 0.5) is 0 Å². The SMILES string of the molecule is CCNC(=NCCCn1nc(C)cc1C)N1CCOC(c2ccccc2C)C1. The van der Waals surface area contributed by atoms with Gasteiger partial charge in [0.15, 0.2) is 5.96 Å². The number of rotatable bonds is 6. The van der Waals surface area contributed by atoms with Crippen LogP contribution in [-0.4, -0.2) is 53.4 Å². The summed E-state index contributed by atoms with van der Waals surface area (Å²) in [5, 5.41) is 7.98. The van der Waals surface area contributed by atoms with Gasteiger partial charge >= 0.3 is 0 Å². The predicted octanol–water partition coefficient (Wildman–Crippen LogP) is 3.24. The second-order valence-corrected chi connectivity index (χ2v) is 7.40. The minimum atomic E-state index is 0.0912. The molecule has 1 fully saturated rings. The van der Waals surface area contributed by atoms with E-state index in [9.17, 15) is 0 Å². The van der Waals surface area contributed by atoms with Gasteiger partial charge in [-0.1, -0.05) is 24.3 Å². The van der Waals surface area contributed by atoms with Crippen molar-refractivity contribution in [2.24, 2.45) is 4.99 Å². The smallest absolute Gasteiger partial charge is 0.194 e. The molecule has 152 valence electrons. The van der Waals surface area contributed by atoms with Gasteiger partial charge in [0.2, 0.25) is 0 Å². The molecule has 1 atom stereocenters. The van der Waals surface area contributed by atoms with Crippen LogP contribution in [-0.2, 0) is 11.3 Å². The van der Waals surface area contributed by atoms with Gasteiger partial charge in [0, 0.05) is 31.9 Å². The molecule has 6 heteroatoms. The molecule has 2 heterocycles. The minimum Gasteiger partial charge on any atom is -0.370 e. The number of morpholine rings is 1. The van der Waals surface area contributed by atoms with E-state index in [0.717, 1.165) is 57.4 Å². The number of aliphatic imine (C=N–C) groups is 1. The third-order valence-electron chi connectivity index (χ3n) is 5.13. The Balaban J connectivity index is 1.61. The zero-order valence-corrected chi connectivity index (χ0v) is 17.6. The molecule has 6 nitrogen and oxygen atoms in total. The molecule has 3 rings (SSSR count). The van der Waals surface area contributed by atoms with Gasteiger partial charge in [-0.3, -0.25) is 9.67 Å². The number of aromatic nitrogens is 2. The zero-order chi connectivity index (χ0) is 19.9. The van der Waals surface area contributed by atoms with E-state index in [0.29, 0.717) is 0 Å². The van der Waals surface area contributed by atoms with Gasteiger partial charge in [0.25, 0.3) is 0 Å². The Kier molecular flexibility index (Phi) is 7.09. The summed E-state index contributed by atoms with van der Waals surface area (Å²) in [5.74, 6) is 0.984. The van der Waals surface area contributed by atoms with E-state index < -0.39 is 0 Å². The van der Waals surface area contributed by atoms with Crippen molar-refractivity contribution in [1.29, 1.82) is 0 Å². The average molecular weight is 384 g/mol. The van der Waals surface area contributed by atoms with Crippen LogP contribution in [0.15, 0.2) is 35.3 Å². The highest BCUT2D eigenvalue weighted by Gasteiger charge is 2.25. The lowest BCUT2D eigenvalue weighted by molar-refractivity contribution is -0.00832. The van der Waals surface area contributed by atoms with Crippen molar-refractivity contribution in [3.05, 3.63) is 52.8 Å². The second kappa shape index (κ2) is 9.73. The Bertz CT molecular complexity index is 798. The maximum absolute atomic E-state index is 6.07. The molecule has 0 aliphatic carbocycles. The van der Waals surface area contributed by atoms with Crippen LogP contribution in [0.3, 0.4) is 0 Å². The van der Waals surface area contributed by atoms with Crippen LogP contribution in [0.1, 0.15) is 42.0 Å². The van der Waals surface area contributed by atoms with E-state index in [4.69, 9.17) is 9.73 Å². The summed E-state index contributed by atoms with van der Waals surface area (Å²) < 4.78 is 8.14. The standard InChI is InChI=1S/C22H33N5O/c1-5-23-22(24-11-8-12-27-19(4)15-18(3)25-27)26-13-14-28-21(16-26)20-10-7-6-9-17(20)2/h6-7,9-10,15,21H,5,8,11-14,16H2,1-4H3,(H,23,24). The average Bonchev–Trinajstić information content (AvgIpc) is 3.02. The molecule has 0 saturated carbocycles. The lowest BCUT2D eigenvalue weighted by Gasteiger charge is -2.35. The molecule has 1 aliphatic heterocycles. The monoisotopic (exact) mass is 383 g/mol. The maximum Gasteiger partial charge on any atom is 0.194 e. The summed E-state index contributed by atoms with van der Waals surface area (Å²) in [4.78, 5) is 7.20. The molecular weight excluding hydrogens is 350 g/mol. The van der Waals surface area contributed by atoms with Crippen LogP contribution >= 0.6 is 0 Å². The summed E-state index contributed by atoms with van der Waals surface area (Å²) in [6.07, 6.45) is 1.07. The summed E-state index contributed by atoms with van der Waals surface area (Å²) in [7, 11) is 0. The van der Waals surface area contributed by atoms with E-state index >= 15 is 0 Å². The van der Waals surface area contributed by atoms with E-state index in [2.05, 4.69) is 71.1 Å². The molecule has 1 aliphatic rings. The lowest BCUT2D eigenvalue weighted by Crippen LogP contribution is -2.48. The van der Waals surface area contributed by atoms with Crippen molar-refractivity contribution < 1.29 is 4.74 Å². The van der Waals surface area contributed by atoms with Crippen LogP contribution < -0.4 is 5.32 Å². The highest BCUT2D eigenvalue weighted by molar-refractivity contribution is 5.80. The molecular formula is C22H33N5O. The topological polar surface area (TPSA) is 54.7 Å². The fourth-order valence-electron chi connectivity index (χ4n) is 3.71. The third-order valence-corrected chi connectivity index (χ3v) is 5.13. The predicted molar refractivity (Wildman–Crippen MR) is 114 cm³/mol. The summed E-state index contributed by atoms with van der Waals surface area (Å²) in [5.41, 5.74) is 4.83. The Morgan fingerprint density at radius 1 is 1.29 bits per heavy atom. The first-order chi connectivity index (χ1) is 13.6. The van der Waals surface area contributed by atoms with Gasteiger partial charge in [-0.2, -0.15) is 5.10 Å². The van der Waals surface area contributed by atoms with Crippen LogP contribution in [0.5, 0.6) is 0 Å². The van der Waals surface area contributed by atoms with E-state index in [1.54, 1.807) is 0 Å². The molecule has 1 aromatic carbocycles. The molecule has 1 aromatic heterocycles. The van der Waals surface area contributed by atoms with E-state index in [1.807, 2.05) is 6.92 Å². The van der Waals surface area contributed by atoms with Gasteiger partial charge < -0.3 is 15.0 Å². The Morgan fingerprint density at radius 3 is 2.82 bits per heavy atom. The summed E-state index contributed by atoms with van der Waals surface area (Å²) in [6, 6.07) is 10.6. The number of nitrogens with one attached hydrogen (secondary N) is 1. The molecule has 0 amide bonds. The van der Waals surface area contributed by atoms with Gasteiger partial charge in [-0.15, -0.1) is 0 Å². The number of guanidine groups is 1. The van der Waals surface area contributed by atoms with Crippen molar-refractivity contribution in [3.63, 3.8) is 0 Å². The number of nitrogens with zero attached hydrogens (tertiary/aromatic N) is 4. The molecule has 1 unspecified atom stereocenters. The number of benzene rings is 1. The number of aryl methyl sites for hydroxylation is 4. The van der Waals surface area contributed by atoms with Crippen molar-refractivity contribution >= 4 is 5.96 Å². The van der Waals surface area contributed by atoms with Crippen molar-refractivity contribution in [2.45, 2.75) is 46.8 Å². The highest BCUT2D eigenvalue weighted by Crippen LogP contribution is 2.25. The van der Waals surface area contributed by atoms with Crippen LogP contribution in [0.25, 0.3) is 0 Å². The third kappa shape index (κ3) is 5.13. The van der Waals surface area contributed by atoms with Crippen molar-refractivity contribution in [1.82, 2.24) is 20.0 Å². The molecule has 1 N–H and O–H groups in total. The van der Waals surface area contributed by atoms with Crippen LogP contribution in [0, 0.1) is 20.8 Å². The normalized spacial score (nSPS) is 17.8.